The van der Waals surface area contributed by atoms with Crippen LogP contribution in [0.4, 0.5) is 0 Å². The van der Waals surface area contributed by atoms with E-state index in [0.29, 0.717) is 13.2 Å². The fraction of sp³-hybridized carbons (Fsp3) is 0.889. The first-order valence-corrected chi connectivity index (χ1v) is 10.6. The Balaban J connectivity index is 2.98. The number of sulfonamides is 1. The second-order valence-electron chi connectivity index (χ2n) is 8.91. The van der Waals surface area contributed by atoms with E-state index in [1.54, 1.807) is 4.31 Å². The summed E-state index contributed by atoms with van der Waals surface area (Å²) in [7, 11) is -3.34. The molecule has 0 aromatic rings. The average Bonchev–Trinajstić information content (AvgIpc) is 2.83. The molecule has 1 rings (SSSR count). The quantitative estimate of drug-likeness (QED) is 0.655. The Bertz CT molecular complexity index is 521. The monoisotopic (exact) mass is 360 g/mol. The third-order valence-electron chi connectivity index (χ3n) is 4.47. The van der Waals surface area contributed by atoms with E-state index >= 15 is 0 Å². The van der Waals surface area contributed by atoms with Crippen LogP contribution < -0.4 is 0 Å². The van der Waals surface area contributed by atoms with Crippen LogP contribution in [-0.2, 0) is 14.8 Å². The van der Waals surface area contributed by atoms with E-state index in [1.807, 2.05) is 20.8 Å². The van der Waals surface area contributed by atoms with Gasteiger partial charge < -0.3 is 4.74 Å². The van der Waals surface area contributed by atoms with Crippen molar-refractivity contribution in [2.45, 2.75) is 66.2 Å². The molecule has 1 aliphatic heterocycles. The molecule has 0 N–H and O–H groups in total. The Kier molecular flexibility index (Phi) is 7.07. The van der Waals surface area contributed by atoms with E-state index in [1.165, 1.54) is 6.26 Å². The maximum absolute atomic E-state index is 12.5. The van der Waals surface area contributed by atoms with E-state index in [2.05, 4.69) is 44.7 Å². The minimum absolute atomic E-state index is 0.0252. The van der Waals surface area contributed by atoms with Gasteiger partial charge in [0.1, 0.15) is 0 Å². The van der Waals surface area contributed by atoms with Crippen molar-refractivity contribution in [2.75, 3.05) is 32.5 Å². The van der Waals surface area contributed by atoms with Crippen LogP contribution in [0.2, 0.25) is 0 Å². The summed E-state index contributed by atoms with van der Waals surface area (Å²) in [6, 6.07) is -0.204. The summed E-state index contributed by atoms with van der Waals surface area (Å²) >= 11 is 0. The van der Waals surface area contributed by atoms with Gasteiger partial charge in [-0.1, -0.05) is 32.9 Å². The number of hydrogen-bond acceptors (Lipinski definition) is 4. The molecule has 24 heavy (non-hydrogen) atoms. The molecule has 6 heteroatoms. The summed E-state index contributed by atoms with van der Waals surface area (Å²) in [4.78, 5) is 2.25. The van der Waals surface area contributed by atoms with Crippen molar-refractivity contribution in [3.8, 4) is 0 Å². The summed E-state index contributed by atoms with van der Waals surface area (Å²) in [5, 5.41) is 0. The van der Waals surface area contributed by atoms with E-state index in [9.17, 15) is 8.42 Å². The molecule has 0 radical (unpaired) electrons. The van der Waals surface area contributed by atoms with E-state index in [4.69, 9.17) is 4.74 Å². The predicted octanol–water partition coefficient (Wildman–Crippen LogP) is 2.74. The maximum Gasteiger partial charge on any atom is 0.212 e. The Labute approximate surface area is 149 Å². The van der Waals surface area contributed by atoms with Gasteiger partial charge in [-0.15, -0.1) is 0 Å². The fourth-order valence-corrected chi connectivity index (χ4v) is 4.65. The van der Waals surface area contributed by atoms with Gasteiger partial charge in [0.15, 0.2) is 0 Å². The van der Waals surface area contributed by atoms with E-state index in [0.717, 1.165) is 13.1 Å². The first kappa shape index (κ1) is 21.6. The molecule has 0 amide bonds. The summed E-state index contributed by atoms with van der Waals surface area (Å²) in [5.41, 5.74) is -0.461. The second-order valence-corrected chi connectivity index (χ2v) is 10.8. The van der Waals surface area contributed by atoms with Gasteiger partial charge in [-0.25, -0.2) is 8.42 Å². The van der Waals surface area contributed by atoms with Gasteiger partial charge in [0.2, 0.25) is 10.0 Å². The number of hydrogen-bond donors (Lipinski definition) is 0. The molecule has 0 aliphatic carbocycles. The number of nitrogens with zero attached hydrogens (tertiary/aromatic N) is 2. The summed E-state index contributed by atoms with van der Waals surface area (Å²) < 4.78 is 32.7. The minimum Gasteiger partial charge on any atom is -0.376 e. The molecule has 0 spiro atoms. The van der Waals surface area contributed by atoms with Gasteiger partial charge >= 0.3 is 0 Å². The third-order valence-corrected chi connectivity index (χ3v) is 6.03. The standard InChI is InChI=1S/C18H36N2O3S/c1-15(17(2,3)4)23-14-16(13-19-11-9-10-12-19)20(18(5,6)7)24(8,21)22/h9-10,15-16H,11-14H2,1-8H3. The van der Waals surface area contributed by atoms with Gasteiger partial charge in [0.05, 0.1) is 25.0 Å². The third kappa shape index (κ3) is 6.47. The van der Waals surface area contributed by atoms with Crippen LogP contribution in [0.1, 0.15) is 48.5 Å². The lowest BCUT2D eigenvalue weighted by Crippen LogP contribution is -2.56. The van der Waals surface area contributed by atoms with Crippen molar-refractivity contribution in [1.82, 2.24) is 9.21 Å². The highest BCUT2D eigenvalue weighted by Crippen LogP contribution is 2.25. The Hall–Kier alpha value is -0.430. The highest BCUT2D eigenvalue weighted by molar-refractivity contribution is 7.88. The first-order valence-electron chi connectivity index (χ1n) is 8.71. The normalized spacial score (nSPS) is 19.9. The molecule has 0 bridgehead atoms. The van der Waals surface area contributed by atoms with E-state index < -0.39 is 15.6 Å². The zero-order valence-corrected chi connectivity index (χ0v) is 17.5. The Morgan fingerprint density at radius 2 is 1.62 bits per heavy atom. The van der Waals surface area contributed by atoms with Crippen molar-refractivity contribution >= 4 is 10.0 Å². The lowest BCUT2D eigenvalue weighted by atomic mass is 9.90. The molecule has 0 fully saturated rings. The van der Waals surface area contributed by atoms with Gasteiger partial charge in [-0.2, -0.15) is 4.31 Å². The van der Waals surface area contributed by atoms with Crippen molar-refractivity contribution in [2.24, 2.45) is 5.41 Å². The number of ether oxygens (including phenoxy) is 1. The fourth-order valence-electron chi connectivity index (χ4n) is 2.98. The van der Waals surface area contributed by atoms with Crippen LogP contribution in [0.15, 0.2) is 12.2 Å². The molecule has 0 aromatic heterocycles. The molecule has 2 unspecified atom stereocenters. The molecule has 2 atom stereocenters. The van der Waals surface area contributed by atoms with Crippen LogP contribution in [0.3, 0.4) is 0 Å². The van der Waals surface area contributed by atoms with Crippen LogP contribution >= 0.6 is 0 Å². The zero-order valence-electron chi connectivity index (χ0n) is 16.7. The molecule has 0 saturated carbocycles. The Morgan fingerprint density at radius 1 is 1.12 bits per heavy atom. The molecule has 142 valence electrons. The lowest BCUT2D eigenvalue weighted by molar-refractivity contribution is -0.0352. The molecule has 0 saturated heterocycles. The van der Waals surface area contributed by atoms with E-state index in [-0.39, 0.29) is 17.6 Å². The smallest absolute Gasteiger partial charge is 0.212 e. The summed E-state index contributed by atoms with van der Waals surface area (Å²) in [6.45, 7) is 17.1. The van der Waals surface area contributed by atoms with Crippen molar-refractivity contribution in [3.05, 3.63) is 12.2 Å². The molecule has 1 aliphatic rings. The summed E-state index contributed by atoms with van der Waals surface area (Å²) in [6.07, 6.45) is 5.59. The molecular weight excluding hydrogens is 324 g/mol. The zero-order chi connectivity index (χ0) is 18.8. The highest BCUT2D eigenvalue weighted by Gasteiger charge is 2.38. The number of rotatable bonds is 7. The van der Waals surface area contributed by atoms with Gasteiger partial charge in [0, 0.05) is 25.2 Å². The van der Waals surface area contributed by atoms with Crippen molar-refractivity contribution < 1.29 is 13.2 Å². The van der Waals surface area contributed by atoms with Crippen LogP contribution in [0.5, 0.6) is 0 Å². The average molecular weight is 361 g/mol. The van der Waals surface area contributed by atoms with Crippen LogP contribution in [0, 0.1) is 5.41 Å². The maximum atomic E-state index is 12.5. The minimum atomic E-state index is -3.34. The van der Waals surface area contributed by atoms with Crippen LogP contribution in [0.25, 0.3) is 0 Å². The highest BCUT2D eigenvalue weighted by atomic mass is 32.2. The molecule has 0 aromatic carbocycles. The van der Waals surface area contributed by atoms with Gasteiger partial charge in [-0.05, 0) is 33.1 Å². The van der Waals surface area contributed by atoms with Gasteiger partial charge in [-0.3, -0.25) is 4.90 Å². The topological polar surface area (TPSA) is 49.9 Å². The van der Waals surface area contributed by atoms with Crippen molar-refractivity contribution in [1.29, 1.82) is 0 Å². The first-order chi connectivity index (χ1) is 10.7. The van der Waals surface area contributed by atoms with Gasteiger partial charge in [0.25, 0.3) is 0 Å². The lowest BCUT2D eigenvalue weighted by Gasteiger charge is -2.41. The largest absolute Gasteiger partial charge is 0.376 e. The second kappa shape index (κ2) is 7.85. The summed E-state index contributed by atoms with van der Waals surface area (Å²) in [5.74, 6) is 0. The predicted molar refractivity (Wildman–Crippen MR) is 101 cm³/mol. The van der Waals surface area contributed by atoms with Crippen molar-refractivity contribution in [3.63, 3.8) is 0 Å². The Morgan fingerprint density at radius 3 is 2.00 bits per heavy atom. The molecule has 1 heterocycles. The van der Waals surface area contributed by atoms with Crippen LogP contribution in [-0.4, -0.2) is 67.8 Å². The molecular formula is C18H36N2O3S. The SMILES string of the molecule is CC(OCC(CN1CC=CC1)N(C(C)(C)C)S(C)(=O)=O)C(C)(C)C. The molecule has 5 nitrogen and oxygen atoms in total.